The molecule has 0 saturated heterocycles. The summed E-state index contributed by atoms with van der Waals surface area (Å²) >= 11 is 12.8. The van der Waals surface area contributed by atoms with E-state index in [2.05, 4.69) is 73.2 Å². The maximum atomic E-state index is 6.65. The third-order valence-electron chi connectivity index (χ3n) is 5.30. The van der Waals surface area contributed by atoms with Gasteiger partial charge in [-0.25, -0.2) is 0 Å². The maximum Gasteiger partial charge on any atom is 0.0933 e. The average molecular weight is 457 g/mol. The molecule has 0 aliphatic carbocycles. The van der Waals surface area contributed by atoms with Gasteiger partial charge in [0.25, 0.3) is 0 Å². The molecule has 3 aromatic carbocycles. The molecule has 0 radical (unpaired) electrons. The van der Waals surface area contributed by atoms with E-state index < -0.39 is 0 Å². The van der Waals surface area contributed by atoms with Gasteiger partial charge in [-0.15, -0.1) is 0 Å². The third kappa shape index (κ3) is 7.06. The van der Waals surface area contributed by atoms with Gasteiger partial charge in [0.2, 0.25) is 0 Å². The van der Waals surface area contributed by atoms with Crippen molar-refractivity contribution in [3.05, 3.63) is 105 Å². The highest BCUT2D eigenvalue weighted by Crippen LogP contribution is 2.34. The number of hydrogen-bond donors (Lipinski definition) is 2. The zero-order chi connectivity index (χ0) is 22.2. The van der Waals surface area contributed by atoms with Crippen LogP contribution >= 0.6 is 23.2 Å². The van der Waals surface area contributed by atoms with Crippen LogP contribution in [0.5, 0.6) is 0 Å². The molecule has 31 heavy (non-hydrogen) atoms. The maximum absolute atomic E-state index is 6.65. The molecule has 0 aliphatic heterocycles. The van der Waals surface area contributed by atoms with Crippen LogP contribution in [-0.4, -0.2) is 19.6 Å². The van der Waals surface area contributed by atoms with Crippen LogP contribution in [0.3, 0.4) is 0 Å². The normalized spacial score (nSPS) is 13.2. The van der Waals surface area contributed by atoms with Crippen molar-refractivity contribution in [1.29, 1.82) is 0 Å². The topological polar surface area (TPSA) is 33.3 Å². The Morgan fingerprint density at radius 2 is 1.58 bits per heavy atom. The van der Waals surface area contributed by atoms with Crippen LogP contribution in [-0.2, 0) is 17.9 Å². The Morgan fingerprint density at radius 3 is 2.23 bits per heavy atom. The van der Waals surface area contributed by atoms with E-state index in [0.29, 0.717) is 6.61 Å². The molecule has 0 bridgehead atoms. The van der Waals surface area contributed by atoms with Gasteiger partial charge >= 0.3 is 0 Å². The van der Waals surface area contributed by atoms with Gasteiger partial charge in [0.05, 0.1) is 6.61 Å². The van der Waals surface area contributed by atoms with Gasteiger partial charge in [-0.2, -0.15) is 5.48 Å². The summed E-state index contributed by atoms with van der Waals surface area (Å²) < 4.78 is 0. The van der Waals surface area contributed by atoms with Crippen LogP contribution in [0.1, 0.15) is 40.7 Å². The molecular formula is C26H30Cl2N2O. The Hall–Kier alpha value is -1.88. The Morgan fingerprint density at radius 1 is 0.903 bits per heavy atom. The van der Waals surface area contributed by atoms with E-state index in [-0.39, 0.29) is 12.0 Å². The summed E-state index contributed by atoms with van der Waals surface area (Å²) in [5, 5.41) is 4.65. The van der Waals surface area contributed by atoms with Crippen molar-refractivity contribution >= 4 is 23.2 Å². The predicted molar refractivity (Wildman–Crippen MR) is 131 cm³/mol. The molecule has 0 aliphatic rings. The molecule has 3 aromatic rings. The van der Waals surface area contributed by atoms with Gasteiger partial charge in [-0.1, -0.05) is 71.7 Å². The minimum atomic E-state index is 0.150. The number of rotatable bonds is 10. The number of benzene rings is 3. The van der Waals surface area contributed by atoms with Gasteiger partial charge in [0, 0.05) is 28.5 Å². The summed E-state index contributed by atoms with van der Waals surface area (Å²) in [6.45, 7) is 5.51. The molecule has 5 heteroatoms. The van der Waals surface area contributed by atoms with Crippen molar-refractivity contribution in [1.82, 2.24) is 10.8 Å². The van der Waals surface area contributed by atoms with E-state index in [0.717, 1.165) is 39.7 Å². The van der Waals surface area contributed by atoms with Crippen LogP contribution in [0.2, 0.25) is 10.0 Å². The number of likely N-dealkylation sites (N-methyl/N-ethyl adjacent to an activating group) is 1. The fourth-order valence-electron chi connectivity index (χ4n) is 3.64. The van der Waals surface area contributed by atoms with Gasteiger partial charge < -0.3 is 5.32 Å². The molecule has 0 heterocycles. The van der Waals surface area contributed by atoms with Crippen LogP contribution < -0.4 is 10.8 Å². The molecule has 2 unspecified atom stereocenters. The lowest BCUT2D eigenvalue weighted by Crippen LogP contribution is -2.34. The number of halogens is 2. The van der Waals surface area contributed by atoms with E-state index in [1.807, 2.05) is 25.2 Å². The molecular weight excluding hydrogens is 427 g/mol. The lowest BCUT2D eigenvalue weighted by Gasteiger charge is -2.20. The van der Waals surface area contributed by atoms with E-state index >= 15 is 0 Å². The predicted octanol–water partition coefficient (Wildman–Crippen LogP) is 6.31. The Kier molecular flexibility index (Phi) is 8.94. The first kappa shape index (κ1) is 23.8. The zero-order valence-corrected chi connectivity index (χ0v) is 19.8. The van der Waals surface area contributed by atoms with E-state index in [4.69, 9.17) is 28.0 Å². The summed E-state index contributed by atoms with van der Waals surface area (Å²) in [6.07, 6.45) is 0.850. The summed E-state index contributed by atoms with van der Waals surface area (Å²) in [5.74, 6) is 0.150. The first-order chi connectivity index (χ1) is 15.0. The molecule has 3 rings (SSSR count). The summed E-state index contributed by atoms with van der Waals surface area (Å²) in [7, 11) is 1.93. The van der Waals surface area contributed by atoms with E-state index in [9.17, 15) is 0 Å². The van der Waals surface area contributed by atoms with Crippen LogP contribution in [0, 0.1) is 6.92 Å². The smallest absolute Gasteiger partial charge is 0.0933 e. The SMILES string of the molecule is CNCC(C)NOCc1ccc(CC(c2ccc(Cl)cc2)c2ccc(C)cc2Cl)cc1. The average Bonchev–Trinajstić information content (AvgIpc) is 2.74. The summed E-state index contributed by atoms with van der Waals surface area (Å²) in [4.78, 5) is 5.61. The summed E-state index contributed by atoms with van der Waals surface area (Å²) in [5.41, 5.74) is 8.91. The number of hydrogen-bond acceptors (Lipinski definition) is 3. The van der Waals surface area contributed by atoms with Gasteiger partial charge in [-0.05, 0) is 73.3 Å². The summed E-state index contributed by atoms with van der Waals surface area (Å²) in [6, 6.07) is 23.2. The molecule has 2 N–H and O–H groups in total. The molecule has 0 spiro atoms. The van der Waals surface area contributed by atoms with Crippen molar-refractivity contribution < 1.29 is 4.84 Å². The minimum absolute atomic E-state index is 0.150. The molecule has 0 saturated carbocycles. The molecule has 0 amide bonds. The monoisotopic (exact) mass is 456 g/mol. The quantitative estimate of drug-likeness (QED) is 0.350. The molecule has 164 valence electrons. The Balaban J connectivity index is 1.74. The Bertz CT molecular complexity index is 958. The van der Waals surface area contributed by atoms with Crippen LogP contribution in [0.4, 0.5) is 0 Å². The van der Waals surface area contributed by atoms with E-state index in [1.54, 1.807) is 0 Å². The second kappa shape index (κ2) is 11.7. The fourth-order valence-corrected chi connectivity index (χ4v) is 4.13. The van der Waals surface area contributed by atoms with Crippen LogP contribution in [0.25, 0.3) is 0 Å². The van der Waals surface area contributed by atoms with Crippen molar-refractivity contribution in [2.24, 2.45) is 0 Å². The van der Waals surface area contributed by atoms with Crippen molar-refractivity contribution in [3.63, 3.8) is 0 Å². The van der Waals surface area contributed by atoms with Crippen LogP contribution in [0.15, 0.2) is 66.7 Å². The molecule has 2 atom stereocenters. The van der Waals surface area contributed by atoms with E-state index in [1.165, 1.54) is 11.1 Å². The third-order valence-corrected chi connectivity index (χ3v) is 5.88. The lowest BCUT2D eigenvalue weighted by molar-refractivity contribution is 0.00808. The van der Waals surface area contributed by atoms with Gasteiger partial charge in [0.15, 0.2) is 0 Å². The lowest BCUT2D eigenvalue weighted by atomic mass is 9.85. The fraction of sp³-hybridized carbons (Fsp3) is 0.308. The zero-order valence-electron chi connectivity index (χ0n) is 18.3. The first-order valence-corrected chi connectivity index (χ1v) is 11.3. The largest absolute Gasteiger partial charge is 0.318 e. The van der Waals surface area contributed by atoms with Crippen molar-refractivity contribution in [2.45, 2.75) is 38.8 Å². The van der Waals surface area contributed by atoms with Crippen molar-refractivity contribution in [3.8, 4) is 0 Å². The number of nitrogens with one attached hydrogen (secondary N) is 2. The second-order valence-corrected chi connectivity index (χ2v) is 8.86. The van der Waals surface area contributed by atoms with Crippen molar-refractivity contribution in [2.75, 3.05) is 13.6 Å². The highest BCUT2D eigenvalue weighted by atomic mass is 35.5. The standard InChI is InChI=1S/C26H30Cl2N2O/c1-18-4-13-24(26(28)14-18)25(22-9-11-23(27)12-10-22)15-20-5-7-21(8-6-20)17-31-30-19(2)16-29-3/h4-14,19,25,29-30H,15-17H2,1-3H3. The molecule has 0 fully saturated rings. The second-order valence-electron chi connectivity index (χ2n) is 8.01. The number of hydroxylamine groups is 1. The minimum Gasteiger partial charge on any atom is -0.318 e. The van der Waals surface area contributed by atoms with Gasteiger partial charge in [-0.3, -0.25) is 4.84 Å². The first-order valence-electron chi connectivity index (χ1n) is 10.6. The molecule has 3 nitrogen and oxygen atoms in total. The Labute approximate surface area is 195 Å². The number of aryl methyl sites for hydroxylation is 1. The molecule has 0 aromatic heterocycles. The highest BCUT2D eigenvalue weighted by Gasteiger charge is 2.18. The highest BCUT2D eigenvalue weighted by molar-refractivity contribution is 6.31. The van der Waals surface area contributed by atoms with Gasteiger partial charge in [0.1, 0.15) is 0 Å².